The van der Waals surface area contributed by atoms with Gasteiger partial charge in [0.15, 0.2) is 0 Å². The summed E-state index contributed by atoms with van der Waals surface area (Å²) < 4.78 is 19.3. The van der Waals surface area contributed by atoms with Crippen LogP contribution >= 0.6 is 0 Å². The van der Waals surface area contributed by atoms with Gasteiger partial charge in [-0.2, -0.15) is 0 Å². The molecule has 2 rings (SSSR count). The summed E-state index contributed by atoms with van der Waals surface area (Å²) in [7, 11) is 0. The fourth-order valence-electron chi connectivity index (χ4n) is 2.11. The summed E-state index contributed by atoms with van der Waals surface area (Å²) in [5.41, 5.74) is 8.86. The molecule has 1 unspecified atom stereocenters. The summed E-state index contributed by atoms with van der Waals surface area (Å²) in [5, 5.41) is 0. The predicted molar refractivity (Wildman–Crippen MR) is 79.7 cm³/mol. The Kier molecular flexibility index (Phi) is 4.40. The normalized spacial score (nSPS) is 12.2. The molecule has 0 fully saturated rings. The van der Waals surface area contributed by atoms with Crippen LogP contribution in [0.2, 0.25) is 0 Å². The fraction of sp³-hybridized carbons (Fsp3) is 0.294. The first-order chi connectivity index (χ1) is 9.47. The van der Waals surface area contributed by atoms with Crippen LogP contribution in [-0.2, 0) is 6.42 Å². The lowest BCUT2D eigenvalue weighted by molar-refractivity contribution is 0.467. The number of aryl methyl sites for hydroxylation is 1. The van der Waals surface area contributed by atoms with Crippen molar-refractivity contribution in [2.45, 2.75) is 33.2 Å². The van der Waals surface area contributed by atoms with E-state index in [-0.39, 0.29) is 11.9 Å². The van der Waals surface area contributed by atoms with Crippen molar-refractivity contribution in [2.75, 3.05) is 0 Å². The molecule has 106 valence electrons. The van der Waals surface area contributed by atoms with Crippen LogP contribution in [0.5, 0.6) is 11.5 Å². The maximum Gasteiger partial charge on any atom is 0.130 e. The van der Waals surface area contributed by atoms with Crippen LogP contribution in [0.25, 0.3) is 0 Å². The van der Waals surface area contributed by atoms with Crippen molar-refractivity contribution in [1.29, 1.82) is 0 Å². The molecule has 0 aliphatic rings. The molecule has 0 spiro atoms. The molecule has 0 heterocycles. The van der Waals surface area contributed by atoms with Gasteiger partial charge in [0, 0.05) is 6.04 Å². The quantitative estimate of drug-likeness (QED) is 0.909. The lowest BCUT2D eigenvalue weighted by Crippen LogP contribution is -2.18. The second-order valence-corrected chi connectivity index (χ2v) is 5.23. The number of benzene rings is 2. The van der Waals surface area contributed by atoms with Crippen molar-refractivity contribution < 1.29 is 9.13 Å². The van der Waals surface area contributed by atoms with E-state index in [9.17, 15) is 4.39 Å². The van der Waals surface area contributed by atoms with Gasteiger partial charge in [-0.3, -0.25) is 0 Å². The Hall–Kier alpha value is -1.87. The molecule has 2 aromatic rings. The largest absolute Gasteiger partial charge is 0.457 e. The molecule has 0 aromatic heterocycles. The topological polar surface area (TPSA) is 35.2 Å². The summed E-state index contributed by atoms with van der Waals surface area (Å²) in [6, 6.07) is 10.4. The molecule has 0 amide bonds. The molecule has 0 saturated heterocycles. The molecule has 2 nitrogen and oxygen atoms in total. The van der Waals surface area contributed by atoms with Crippen molar-refractivity contribution in [3.05, 3.63) is 58.9 Å². The van der Waals surface area contributed by atoms with Gasteiger partial charge < -0.3 is 10.5 Å². The van der Waals surface area contributed by atoms with Crippen LogP contribution in [0.1, 0.15) is 23.6 Å². The fourth-order valence-corrected chi connectivity index (χ4v) is 2.11. The molecule has 1 atom stereocenters. The minimum atomic E-state index is -0.269. The van der Waals surface area contributed by atoms with Crippen molar-refractivity contribution in [3.63, 3.8) is 0 Å². The van der Waals surface area contributed by atoms with Crippen LogP contribution in [0.15, 0.2) is 36.4 Å². The Morgan fingerprint density at radius 2 is 1.90 bits per heavy atom. The van der Waals surface area contributed by atoms with Gasteiger partial charge in [0.25, 0.3) is 0 Å². The zero-order valence-electron chi connectivity index (χ0n) is 12.1. The van der Waals surface area contributed by atoms with Gasteiger partial charge in [-0.1, -0.05) is 12.1 Å². The van der Waals surface area contributed by atoms with E-state index in [1.165, 1.54) is 17.7 Å². The standard InChI is InChI=1S/C17H20FNO/c1-11-5-4-6-16(13(11)3)20-17-8-7-15(18)10-14(17)9-12(2)19/h4-8,10,12H,9,19H2,1-3H3. The Morgan fingerprint density at radius 3 is 2.60 bits per heavy atom. The Morgan fingerprint density at radius 1 is 1.15 bits per heavy atom. The van der Waals surface area contributed by atoms with Gasteiger partial charge >= 0.3 is 0 Å². The second kappa shape index (κ2) is 6.06. The Balaban J connectivity index is 2.35. The maximum atomic E-state index is 13.4. The number of hydrogen-bond donors (Lipinski definition) is 1. The molecule has 0 radical (unpaired) electrons. The van der Waals surface area contributed by atoms with Gasteiger partial charge in [0.1, 0.15) is 17.3 Å². The van der Waals surface area contributed by atoms with Crippen molar-refractivity contribution in [2.24, 2.45) is 5.73 Å². The minimum Gasteiger partial charge on any atom is -0.457 e. The van der Waals surface area contributed by atoms with E-state index in [2.05, 4.69) is 0 Å². The van der Waals surface area contributed by atoms with Crippen molar-refractivity contribution >= 4 is 0 Å². The Labute approximate surface area is 119 Å². The SMILES string of the molecule is Cc1cccc(Oc2ccc(F)cc2CC(C)N)c1C. The average molecular weight is 273 g/mol. The first-order valence-electron chi connectivity index (χ1n) is 6.75. The highest BCUT2D eigenvalue weighted by Gasteiger charge is 2.10. The van der Waals surface area contributed by atoms with E-state index in [4.69, 9.17) is 10.5 Å². The van der Waals surface area contributed by atoms with Gasteiger partial charge in [-0.15, -0.1) is 0 Å². The molecule has 2 N–H and O–H groups in total. The molecular weight excluding hydrogens is 253 g/mol. The predicted octanol–water partition coefficient (Wildman–Crippen LogP) is 4.12. The molecule has 20 heavy (non-hydrogen) atoms. The summed E-state index contributed by atoms with van der Waals surface area (Å²) in [4.78, 5) is 0. The zero-order valence-corrected chi connectivity index (χ0v) is 12.1. The van der Waals surface area contributed by atoms with Gasteiger partial charge in [-0.25, -0.2) is 4.39 Å². The maximum absolute atomic E-state index is 13.4. The lowest BCUT2D eigenvalue weighted by Gasteiger charge is -2.15. The first kappa shape index (κ1) is 14.5. The van der Waals surface area contributed by atoms with E-state index in [1.807, 2.05) is 39.0 Å². The molecule has 0 saturated carbocycles. The summed E-state index contributed by atoms with van der Waals surface area (Å²) in [5.74, 6) is 1.19. The van der Waals surface area contributed by atoms with E-state index in [0.717, 1.165) is 16.9 Å². The number of halogens is 1. The highest BCUT2D eigenvalue weighted by Crippen LogP contribution is 2.30. The van der Waals surface area contributed by atoms with E-state index in [0.29, 0.717) is 12.2 Å². The summed E-state index contributed by atoms with van der Waals surface area (Å²) in [6.07, 6.45) is 0.581. The number of rotatable bonds is 4. The van der Waals surface area contributed by atoms with Gasteiger partial charge in [0.05, 0.1) is 0 Å². The van der Waals surface area contributed by atoms with Crippen LogP contribution in [0, 0.1) is 19.7 Å². The van der Waals surface area contributed by atoms with E-state index < -0.39 is 0 Å². The number of nitrogens with two attached hydrogens (primary N) is 1. The number of ether oxygens (including phenoxy) is 1. The average Bonchev–Trinajstić information content (AvgIpc) is 2.37. The molecule has 0 aliphatic carbocycles. The van der Waals surface area contributed by atoms with E-state index in [1.54, 1.807) is 6.07 Å². The van der Waals surface area contributed by atoms with Crippen LogP contribution in [0.3, 0.4) is 0 Å². The third kappa shape index (κ3) is 3.36. The first-order valence-corrected chi connectivity index (χ1v) is 6.75. The molecular formula is C17H20FNO. The lowest BCUT2D eigenvalue weighted by atomic mass is 10.1. The second-order valence-electron chi connectivity index (χ2n) is 5.23. The summed E-state index contributed by atoms with van der Waals surface area (Å²) in [6.45, 7) is 5.95. The highest BCUT2D eigenvalue weighted by molar-refractivity contribution is 5.44. The van der Waals surface area contributed by atoms with Crippen LogP contribution < -0.4 is 10.5 Å². The van der Waals surface area contributed by atoms with Crippen molar-refractivity contribution in [3.8, 4) is 11.5 Å². The zero-order chi connectivity index (χ0) is 14.7. The van der Waals surface area contributed by atoms with Crippen LogP contribution in [0.4, 0.5) is 4.39 Å². The molecule has 2 aromatic carbocycles. The molecule has 3 heteroatoms. The smallest absolute Gasteiger partial charge is 0.130 e. The highest BCUT2D eigenvalue weighted by atomic mass is 19.1. The third-order valence-electron chi connectivity index (χ3n) is 3.34. The van der Waals surface area contributed by atoms with Crippen molar-refractivity contribution in [1.82, 2.24) is 0 Å². The molecule has 0 bridgehead atoms. The van der Waals surface area contributed by atoms with E-state index >= 15 is 0 Å². The number of hydrogen-bond acceptors (Lipinski definition) is 2. The summed E-state index contributed by atoms with van der Waals surface area (Å²) >= 11 is 0. The van der Waals surface area contributed by atoms with Gasteiger partial charge in [-0.05, 0) is 68.1 Å². The Bertz CT molecular complexity index is 608. The monoisotopic (exact) mass is 273 g/mol. The minimum absolute atomic E-state index is 0.0437. The van der Waals surface area contributed by atoms with Gasteiger partial charge in [0.2, 0.25) is 0 Å². The third-order valence-corrected chi connectivity index (χ3v) is 3.34. The molecule has 0 aliphatic heterocycles. The van der Waals surface area contributed by atoms with Crippen LogP contribution in [-0.4, -0.2) is 6.04 Å².